The van der Waals surface area contributed by atoms with Crippen LogP contribution in [0.15, 0.2) is 28.8 Å². The van der Waals surface area contributed by atoms with E-state index in [1.165, 1.54) is 12.1 Å². The molecule has 100 valence electrons. The third-order valence-electron chi connectivity index (χ3n) is 3.28. The van der Waals surface area contributed by atoms with Crippen LogP contribution in [0.25, 0.3) is 11.3 Å². The number of rotatable bonds is 1. The molecular weight excluding hydrogens is 257 g/mol. The number of hydrogen-bond donors (Lipinski definition) is 1. The number of halogens is 3. The van der Waals surface area contributed by atoms with Crippen molar-refractivity contribution >= 4 is 0 Å². The van der Waals surface area contributed by atoms with Crippen molar-refractivity contribution in [1.29, 1.82) is 0 Å². The van der Waals surface area contributed by atoms with E-state index < -0.39 is 11.7 Å². The molecule has 0 unspecified atom stereocenters. The Hall–Kier alpha value is -1.82. The summed E-state index contributed by atoms with van der Waals surface area (Å²) < 4.78 is 42.7. The van der Waals surface area contributed by atoms with Gasteiger partial charge in [0.05, 0.1) is 24.1 Å². The molecule has 1 aromatic heterocycles. The van der Waals surface area contributed by atoms with E-state index in [4.69, 9.17) is 4.52 Å². The quantitative estimate of drug-likeness (QED) is 0.860. The molecule has 1 aliphatic rings. The molecule has 1 aliphatic heterocycles. The molecule has 0 amide bonds. The zero-order chi connectivity index (χ0) is 13.5. The minimum Gasteiger partial charge on any atom is -0.360 e. The Morgan fingerprint density at radius 3 is 2.58 bits per heavy atom. The van der Waals surface area contributed by atoms with Gasteiger partial charge in [-0.3, -0.25) is 0 Å². The summed E-state index contributed by atoms with van der Waals surface area (Å²) in [4.78, 5) is 0. The third-order valence-corrected chi connectivity index (χ3v) is 3.28. The van der Waals surface area contributed by atoms with Crippen LogP contribution in [0.3, 0.4) is 0 Å². The zero-order valence-corrected chi connectivity index (χ0v) is 10.00. The summed E-state index contributed by atoms with van der Waals surface area (Å²) in [6.07, 6.45) is -3.50. The lowest BCUT2D eigenvalue weighted by atomic mass is 10.0. The fourth-order valence-corrected chi connectivity index (χ4v) is 2.27. The van der Waals surface area contributed by atoms with Crippen LogP contribution in [0.5, 0.6) is 0 Å². The Morgan fingerprint density at radius 1 is 1.16 bits per heavy atom. The number of benzene rings is 1. The van der Waals surface area contributed by atoms with Crippen LogP contribution in [0.1, 0.15) is 16.9 Å². The minimum atomic E-state index is -4.31. The van der Waals surface area contributed by atoms with E-state index in [0.29, 0.717) is 11.3 Å². The number of alkyl halides is 3. The van der Waals surface area contributed by atoms with Crippen molar-refractivity contribution in [2.24, 2.45) is 0 Å². The Balaban J connectivity index is 1.97. The van der Waals surface area contributed by atoms with Crippen molar-refractivity contribution in [2.75, 3.05) is 6.54 Å². The van der Waals surface area contributed by atoms with Gasteiger partial charge in [0.1, 0.15) is 12.2 Å². The molecule has 3 nitrogen and oxygen atoms in total. The molecule has 2 aromatic rings. The van der Waals surface area contributed by atoms with Crippen molar-refractivity contribution in [3.05, 3.63) is 41.2 Å². The highest BCUT2D eigenvalue weighted by molar-refractivity contribution is 5.63. The molecule has 19 heavy (non-hydrogen) atoms. The first-order valence-corrected chi connectivity index (χ1v) is 6.02. The summed E-state index contributed by atoms with van der Waals surface area (Å²) in [5.74, 6) is 0.845. The lowest BCUT2D eigenvalue weighted by Crippen LogP contribution is -2.84. The summed E-state index contributed by atoms with van der Waals surface area (Å²) in [5, 5.41) is 6.12. The van der Waals surface area contributed by atoms with E-state index in [2.05, 4.69) is 10.5 Å². The molecule has 0 radical (unpaired) electrons. The fraction of sp³-hybridized carbons (Fsp3) is 0.308. The van der Waals surface area contributed by atoms with E-state index in [-0.39, 0.29) is 0 Å². The maximum Gasteiger partial charge on any atom is 0.416 e. The highest BCUT2D eigenvalue weighted by atomic mass is 19.4. The van der Waals surface area contributed by atoms with Crippen molar-refractivity contribution < 1.29 is 23.0 Å². The Labute approximate surface area is 107 Å². The fourth-order valence-electron chi connectivity index (χ4n) is 2.27. The van der Waals surface area contributed by atoms with Gasteiger partial charge >= 0.3 is 6.18 Å². The van der Waals surface area contributed by atoms with Gasteiger partial charge in [0.25, 0.3) is 0 Å². The summed E-state index contributed by atoms with van der Waals surface area (Å²) in [7, 11) is 0. The van der Waals surface area contributed by atoms with Crippen molar-refractivity contribution in [3.8, 4) is 11.3 Å². The Bertz CT molecular complexity index is 587. The summed E-state index contributed by atoms with van der Waals surface area (Å²) in [5.41, 5.74) is 1.65. The van der Waals surface area contributed by atoms with Crippen LogP contribution in [0.2, 0.25) is 0 Å². The standard InChI is InChI=1S/C13H11F3N2O/c14-13(15,16)9-3-1-8(2-4-9)12-10-7-17-6-5-11(10)19-18-12/h1-4,17H,5-7H2/p+1. The van der Waals surface area contributed by atoms with E-state index in [1.54, 1.807) is 0 Å². The van der Waals surface area contributed by atoms with Gasteiger partial charge in [0, 0.05) is 5.56 Å². The normalized spacial score (nSPS) is 15.3. The zero-order valence-electron chi connectivity index (χ0n) is 10.00. The van der Waals surface area contributed by atoms with Gasteiger partial charge in [-0.05, 0) is 12.1 Å². The molecule has 0 aliphatic carbocycles. The van der Waals surface area contributed by atoms with E-state index >= 15 is 0 Å². The smallest absolute Gasteiger partial charge is 0.360 e. The first-order chi connectivity index (χ1) is 9.05. The largest absolute Gasteiger partial charge is 0.416 e. The number of quaternary nitrogens is 1. The highest BCUT2D eigenvalue weighted by Gasteiger charge is 2.30. The maximum atomic E-state index is 12.5. The van der Waals surface area contributed by atoms with Gasteiger partial charge in [-0.2, -0.15) is 13.2 Å². The molecule has 2 heterocycles. The molecule has 0 spiro atoms. The highest BCUT2D eigenvalue weighted by Crippen LogP contribution is 2.32. The molecule has 0 saturated heterocycles. The summed E-state index contributed by atoms with van der Waals surface area (Å²) in [6.45, 7) is 1.71. The second-order valence-electron chi connectivity index (χ2n) is 4.54. The second kappa shape index (κ2) is 4.38. The Kier molecular flexibility index (Phi) is 2.82. The molecule has 2 N–H and O–H groups in total. The molecule has 0 saturated carbocycles. The van der Waals surface area contributed by atoms with Crippen LogP contribution in [-0.2, 0) is 19.1 Å². The van der Waals surface area contributed by atoms with Crippen LogP contribution < -0.4 is 5.32 Å². The van der Waals surface area contributed by atoms with Gasteiger partial charge in [-0.25, -0.2) is 0 Å². The number of hydrogen-bond acceptors (Lipinski definition) is 2. The van der Waals surface area contributed by atoms with Crippen LogP contribution in [0, 0.1) is 0 Å². The van der Waals surface area contributed by atoms with Gasteiger partial charge in [-0.1, -0.05) is 17.3 Å². The molecule has 3 rings (SSSR count). The molecule has 0 fully saturated rings. The number of aromatic nitrogens is 1. The van der Waals surface area contributed by atoms with Gasteiger partial charge in [-0.15, -0.1) is 0 Å². The Morgan fingerprint density at radius 2 is 1.89 bits per heavy atom. The minimum absolute atomic E-state index is 0.652. The second-order valence-corrected chi connectivity index (χ2v) is 4.54. The third kappa shape index (κ3) is 2.23. The summed E-state index contributed by atoms with van der Waals surface area (Å²) in [6, 6.07) is 5.02. The predicted octanol–water partition coefficient (Wildman–Crippen LogP) is 1.98. The topological polar surface area (TPSA) is 42.6 Å². The lowest BCUT2D eigenvalue weighted by molar-refractivity contribution is -0.673. The first kappa shape index (κ1) is 12.2. The lowest BCUT2D eigenvalue weighted by Gasteiger charge is -2.09. The van der Waals surface area contributed by atoms with Crippen molar-refractivity contribution in [2.45, 2.75) is 19.1 Å². The number of nitrogens with zero attached hydrogens (tertiary/aromatic N) is 1. The number of nitrogens with two attached hydrogens (primary N) is 1. The van der Waals surface area contributed by atoms with Crippen LogP contribution >= 0.6 is 0 Å². The van der Waals surface area contributed by atoms with Crippen molar-refractivity contribution in [3.63, 3.8) is 0 Å². The molecular formula is C13H12F3N2O+. The first-order valence-electron chi connectivity index (χ1n) is 6.02. The van der Waals surface area contributed by atoms with E-state index in [9.17, 15) is 13.2 Å². The molecule has 0 bridgehead atoms. The summed E-state index contributed by atoms with van der Waals surface area (Å²) >= 11 is 0. The average Bonchev–Trinajstić information content (AvgIpc) is 2.82. The molecule has 0 atom stereocenters. The van der Waals surface area contributed by atoms with Gasteiger partial charge < -0.3 is 9.84 Å². The van der Waals surface area contributed by atoms with Gasteiger partial charge in [0.15, 0.2) is 5.76 Å². The molecule has 6 heteroatoms. The monoisotopic (exact) mass is 269 g/mol. The van der Waals surface area contributed by atoms with Crippen LogP contribution in [0.4, 0.5) is 13.2 Å². The molecule has 1 aromatic carbocycles. The van der Waals surface area contributed by atoms with E-state index in [0.717, 1.165) is 43.0 Å². The maximum absolute atomic E-state index is 12.5. The predicted molar refractivity (Wildman–Crippen MR) is 61.1 cm³/mol. The SMILES string of the molecule is FC(F)(F)c1ccc(-c2noc3c2C[NH2+]CC3)cc1. The van der Waals surface area contributed by atoms with Gasteiger partial charge in [0.2, 0.25) is 0 Å². The average molecular weight is 269 g/mol. The number of fused-ring (bicyclic) bond motifs is 1. The van der Waals surface area contributed by atoms with E-state index in [1.807, 2.05) is 0 Å². The van der Waals surface area contributed by atoms with Crippen molar-refractivity contribution in [1.82, 2.24) is 5.16 Å². The van der Waals surface area contributed by atoms with Crippen LogP contribution in [-0.4, -0.2) is 11.7 Å².